The number of hydrogen-bond donors (Lipinski definition) is 0. The molecule has 13 heavy (non-hydrogen) atoms. The van der Waals surface area contributed by atoms with Crippen LogP contribution in [0.1, 0.15) is 12.5 Å². The van der Waals surface area contributed by atoms with Crippen molar-refractivity contribution in [3.63, 3.8) is 0 Å². The van der Waals surface area contributed by atoms with Gasteiger partial charge in [-0.2, -0.15) is 0 Å². The molecule has 0 aliphatic heterocycles. The van der Waals surface area contributed by atoms with Crippen LogP contribution in [0.5, 0.6) is 5.75 Å². The molecule has 4 nitrogen and oxygen atoms in total. The van der Waals surface area contributed by atoms with Crippen molar-refractivity contribution < 1.29 is 9.66 Å². The van der Waals surface area contributed by atoms with Gasteiger partial charge in [-0.05, 0) is 26.0 Å². The standard InChI is InChI=1S/C9H11NO3/c1-3-13-8-5-4-7(2)9(6-8)10(11)12/h4-6H,3H2,1-2H3. The Morgan fingerprint density at radius 3 is 2.77 bits per heavy atom. The molecule has 1 aromatic carbocycles. The van der Waals surface area contributed by atoms with Gasteiger partial charge in [0, 0.05) is 5.56 Å². The van der Waals surface area contributed by atoms with E-state index in [-0.39, 0.29) is 5.69 Å². The van der Waals surface area contributed by atoms with E-state index in [4.69, 9.17) is 4.74 Å². The van der Waals surface area contributed by atoms with Gasteiger partial charge in [-0.3, -0.25) is 10.1 Å². The highest BCUT2D eigenvalue weighted by Gasteiger charge is 2.10. The highest BCUT2D eigenvalue weighted by molar-refractivity contribution is 5.45. The predicted octanol–water partition coefficient (Wildman–Crippen LogP) is 2.30. The Morgan fingerprint density at radius 1 is 1.54 bits per heavy atom. The Kier molecular flexibility index (Phi) is 2.84. The summed E-state index contributed by atoms with van der Waals surface area (Å²) in [5, 5.41) is 10.5. The van der Waals surface area contributed by atoms with Crippen LogP contribution in [0.2, 0.25) is 0 Å². The minimum absolute atomic E-state index is 0.103. The molecule has 0 saturated carbocycles. The molecule has 0 fully saturated rings. The highest BCUT2D eigenvalue weighted by atomic mass is 16.6. The van der Waals surface area contributed by atoms with Crippen molar-refractivity contribution >= 4 is 5.69 Å². The first kappa shape index (κ1) is 9.51. The van der Waals surface area contributed by atoms with Crippen LogP contribution in [0.4, 0.5) is 5.69 Å². The van der Waals surface area contributed by atoms with Crippen molar-refractivity contribution in [2.75, 3.05) is 6.61 Å². The zero-order valence-electron chi connectivity index (χ0n) is 7.61. The Morgan fingerprint density at radius 2 is 2.23 bits per heavy atom. The fourth-order valence-corrected chi connectivity index (χ4v) is 1.04. The van der Waals surface area contributed by atoms with Gasteiger partial charge in [-0.1, -0.05) is 0 Å². The van der Waals surface area contributed by atoms with Crippen LogP contribution >= 0.6 is 0 Å². The molecule has 0 aliphatic carbocycles. The topological polar surface area (TPSA) is 52.4 Å². The Labute approximate surface area is 76.3 Å². The third-order valence-electron chi connectivity index (χ3n) is 1.69. The predicted molar refractivity (Wildman–Crippen MR) is 49.0 cm³/mol. The third-order valence-corrected chi connectivity index (χ3v) is 1.69. The van der Waals surface area contributed by atoms with Gasteiger partial charge in [0.15, 0.2) is 0 Å². The largest absolute Gasteiger partial charge is 0.494 e. The summed E-state index contributed by atoms with van der Waals surface area (Å²) in [7, 11) is 0. The lowest BCUT2D eigenvalue weighted by molar-refractivity contribution is -0.385. The number of rotatable bonds is 3. The van der Waals surface area contributed by atoms with Gasteiger partial charge in [0.2, 0.25) is 0 Å². The molecule has 1 rings (SSSR count). The summed E-state index contributed by atoms with van der Waals surface area (Å²) < 4.78 is 5.15. The fraction of sp³-hybridized carbons (Fsp3) is 0.333. The van der Waals surface area contributed by atoms with E-state index in [9.17, 15) is 10.1 Å². The molecule has 0 heterocycles. The second-order valence-corrected chi connectivity index (χ2v) is 2.64. The van der Waals surface area contributed by atoms with Gasteiger partial charge in [0.1, 0.15) is 5.75 Å². The first-order valence-electron chi connectivity index (χ1n) is 4.03. The first-order chi connectivity index (χ1) is 6.15. The molecular weight excluding hydrogens is 170 g/mol. The van der Waals surface area contributed by atoms with Crippen molar-refractivity contribution in [3.05, 3.63) is 33.9 Å². The summed E-state index contributed by atoms with van der Waals surface area (Å²) in [5.41, 5.74) is 0.749. The molecular formula is C9H11NO3. The number of nitro groups is 1. The Balaban J connectivity index is 3.04. The van der Waals surface area contributed by atoms with E-state index in [0.29, 0.717) is 17.9 Å². The van der Waals surface area contributed by atoms with Crippen LogP contribution < -0.4 is 4.74 Å². The molecule has 0 bridgehead atoms. The average Bonchev–Trinajstić information content (AvgIpc) is 2.08. The second kappa shape index (κ2) is 3.89. The number of aryl methyl sites for hydroxylation is 1. The molecule has 0 atom stereocenters. The summed E-state index contributed by atoms with van der Waals surface area (Å²) in [4.78, 5) is 10.1. The van der Waals surface area contributed by atoms with Crippen LogP contribution in [-0.2, 0) is 0 Å². The van der Waals surface area contributed by atoms with Gasteiger partial charge in [0.25, 0.3) is 5.69 Å². The lowest BCUT2D eigenvalue weighted by Gasteiger charge is -2.03. The zero-order valence-corrected chi connectivity index (χ0v) is 7.61. The molecule has 0 radical (unpaired) electrons. The van der Waals surface area contributed by atoms with Gasteiger partial charge in [-0.25, -0.2) is 0 Å². The van der Waals surface area contributed by atoms with Gasteiger partial charge >= 0.3 is 0 Å². The van der Waals surface area contributed by atoms with Crippen molar-refractivity contribution in [1.82, 2.24) is 0 Å². The van der Waals surface area contributed by atoms with Crippen LogP contribution in [0.3, 0.4) is 0 Å². The molecule has 0 aliphatic rings. The number of hydrogen-bond acceptors (Lipinski definition) is 3. The molecule has 0 saturated heterocycles. The Hall–Kier alpha value is -1.58. The first-order valence-corrected chi connectivity index (χ1v) is 4.03. The van der Waals surface area contributed by atoms with E-state index in [1.807, 2.05) is 6.92 Å². The van der Waals surface area contributed by atoms with Crippen LogP contribution in [-0.4, -0.2) is 11.5 Å². The SMILES string of the molecule is CCOc1ccc(C)c([N+](=O)[O-])c1. The van der Waals surface area contributed by atoms with E-state index in [0.717, 1.165) is 0 Å². The molecule has 0 unspecified atom stereocenters. The molecule has 0 aromatic heterocycles. The molecule has 0 amide bonds. The van der Waals surface area contributed by atoms with E-state index in [1.165, 1.54) is 6.07 Å². The normalized spacial score (nSPS) is 9.69. The smallest absolute Gasteiger partial charge is 0.275 e. The van der Waals surface area contributed by atoms with E-state index in [2.05, 4.69) is 0 Å². The molecule has 0 N–H and O–H groups in total. The van der Waals surface area contributed by atoms with Gasteiger partial charge in [0.05, 0.1) is 17.6 Å². The minimum Gasteiger partial charge on any atom is -0.494 e. The van der Waals surface area contributed by atoms with Gasteiger partial charge in [-0.15, -0.1) is 0 Å². The lowest BCUT2D eigenvalue weighted by Crippen LogP contribution is -1.95. The maximum atomic E-state index is 10.5. The number of nitrogens with zero attached hydrogens (tertiary/aromatic N) is 1. The summed E-state index contributed by atoms with van der Waals surface area (Å²) in [6.07, 6.45) is 0. The maximum Gasteiger partial charge on any atom is 0.275 e. The number of benzene rings is 1. The molecule has 70 valence electrons. The Bertz CT molecular complexity index is 323. The summed E-state index contributed by atoms with van der Waals surface area (Å²) >= 11 is 0. The van der Waals surface area contributed by atoms with E-state index in [1.54, 1.807) is 19.1 Å². The molecule has 1 aromatic rings. The highest BCUT2D eigenvalue weighted by Crippen LogP contribution is 2.23. The summed E-state index contributed by atoms with van der Waals surface area (Å²) in [6.45, 7) is 4.06. The lowest BCUT2D eigenvalue weighted by atomic mass is 10.2. The second-order valence-electron chi connectivity index (χ2n) is 2.64. The van der Waals surface area contributed by atoms with Crippen molar-refractivity contribution in [2.24, 2.45) is 0 Å². The van der Waals surface area contributed by atoms with Crippen LogP contribution in [0, 0.1) is 17.0 Å². The zero-order chi connectivity index (χ0) is 9.84. The molecule has 0 spiro atoms. The van der Waals surface area contributed by atoms with Crippen molar-refractivity contribution in [3.8, 4) is 5.75 Å². The van der Waals surface area contributed by atoms with Crippen LogP contribution in [0.15, 0.2) is 18.2 Å². The van der Waals surface area contributed by atoms with Crippen LogP contribution in [0.25, 0.3) is 0 Å². The maximum absolute atomic E-state index is 10.5. The van der Waals surface area contributed by atoms with Crippen molar-refractivity contribution in [1.29, 1.82) is 0 Å². The minimum atomic E-state index is -0.405. The van der Waals surface area contributed by atoms with E-state index >= 15 is 0 Å². The van der Waals surface area contributed by atoms with E-state index < -0.39 is 4.92 Å². The summed E-state index contributed by atoms with van der Waals surface area (Å²) in [5.74, 6) is 0.541. The van der Waals surface area contributed by atoms with Crippen molar-refractivity contribution in [2.45, 2.75) is 13.8 Å². The monoisotopic (exact) mass is 181 g/mol. The average molecular weight is 181 g/mol. The third kappa shape index (κ3) is 2.18. The number of ether oxygens (including phenoxy) is 1. The summed E-state index contributed by atoms with van der Waals surface area (Å²) in [6, 6.07) is 4.85. The quantitative estimate of drug-likeness (QED) is 0.531. The fourth-order valence-electron chi connectivity index (χ4n) is 1.04. The number of nitro benzene ring substituents is 1. The molecule has 4 heteroatoms. The van der Waals surface area contributed by atoms with Gasteiger partial charge < -0.3 is 4.74 Å².